The third kappa shape index (κ3) is 6.28. The Hall–Kier alpha value is -0.530. The third-order valence-electron chi connectivity index (χ3n) is 3.16. The van der Waals surface area contributed by atoms with E-state index in [0.29, 0.717) is 11.0 Å². The molecular formula is C11H21N2O5PS. The highest BCUT2D eigenvalue weighted by Gasteiger charge is 2.35. The van der Waals surface area contributed by atoms with Gasteiger partial charge in [0.05, 0.1) is 6.67 Å². The molecule has 0 aromatic rings. The minimum Gasteiger partial charge on any atom is -0.362 e. The van der Waals surface area contributed by atoms with Crippen LogP contribution >= 0.6 is 19.6 Å². The lowest BCUT2D eigenvalue weighted by Gasteiger charge is -2.24. The van der Waals surface area contributed by atoms with E-state index in [2.05, 4.69) is 36.2 Å². The highest BCUT2D eigenvalue weighted by molar-refractivity contribution is 8.14. The molecule has 0 amide bonds. The number of carbonyl (C=O) groups excluding carboxylic acids is 1. The summed E-state index contributed by atoms with van der Waals surface area (Å²) in [6.45, 7) is 4.11. The number of hydrogen-bond acceptors (Lipinski definition) is 5. The van der Waals surface area contributed by atoms with Crippen molar-refractivity contribution in [3.63, 3.8) is 0 Å². The summed E-state index contributed by atoms with van der Waals surface area (Å²) in [5, 5.41) is 0.402. The molecular weight excluding hydrogens is 303 g/mol. The molecule has 20 heavy (non-hydrogen) atoms. The van der Waals surface area contributed by atoms with Gasteiger partial charge in [-0.3, -0.25) is 4.79 Å². The SMILES string of the molecule is CC[C@@H]1C(=O)SC[C@@H]1CN1C=CN(C)C1.O=P(O)(O)O. The van der Waals surface area contributed by atoms with Crippen LogP contribution in [0, 0.1) is 11.8 Å². The summed E-state index contributed by atoms with van der Waals surface area (Å²) < 4.78 is 8.88. The Morgan fingerprint density at radius 1 is 1.40 bits per heavy atom. The zero-order chi connectivity index (χ0) is 15.3. The van der Waals surface area contributed by atoms with Crippen molar-refractivity contribution in [2.45, 2.75) is 13.3 Å². The molecule has 116 valence electrons. The summed E-state index contributed by atoms with van der Waals surface area (Å²) >= 11 is 1.52. The van der Waals surface area contributed by atoms with Crippen molar-refractivity contribution in [2.75, 3.05) is 26.0 Å². The summed E-state index contributed by atoms with van der Waals surface area (Å²) in [5.74, 6) is 1.84. The van der Waals surface area contributed by atoms with Gasteiger partial charge < -0.3 is 24.5 Å². The van der Waals surface area contributed by atoms with Crippen LogP contribution in [0.1, 0.15) is 13.3 Å². The first-order chi connectivity index (χ1) is 9.20. The highest BCUT2D eigenvalue weighted by atomic mass is 32.2. The first kappa shape index (κ1) is 17.5. The fourth-order valence-corrected chi connectivity index (χ4v) is 3.58. The van der Waals surface area contributed by atoms with Gasteiger partial charge in [0.15, 0.2) is 5.12 Å². The van der Waals surface area contributed by atoms with Gasteiger partial charge in [0.1, 0.15) is 0 Å². The van der Waals surface area contributed by atoms with Crippen LogP contribution in [0.2, 0.25) is 0 Å². The number of thioether (sulfide) groups is 1. The Labute approximate surface area is 122 Å². The highest BCUT2D eigenvalue weighted by Crippen LogP contribution is 2.34. The molecule has 0 bridgehead atoms. The van der Waals surface area contributed by atoms with E-state index in [-0.39, 0.29) is 5.92 Å². The third-order valence-corrected chi connectivity index (χ3v) is 4.34. The molecule has 0 unspecified atom stereocenters. The maximum atomic E-state index is 11.6. The maximum Gasteiger partial charge on any atom is 0.466 e. The average Bonchev–Trinajstić information content (AvgIpc) is 2.84. The fourth-order valence-electron chi connectivity index (χ4n) is 2.29. The fraction of sp³-hybridized carbons (Fsp3) is 0.727. The second kappa shape index (κ2) is 7.47. The summed E-state index contributed by atoms with van der Waals surface area (Å²) in [7, 11) is -2.57. The van der Waals surface area contributed by atoms with Crippen LogP contribution in [0.15, 0.2) is 12.4 Å². The van der Waals surface area contributed by atoms with E-state index in [1.807, 2.05) is 0 Å². The zero-order valence-corrected chi connectivity index (χ0v) is 13.3. The molecule has 0 spiro atoms. The molecule has 2 aliphatic rings. The standard InChI is InChI=1S/C11H18N2OS.H3O4P/c1-3-10-9(7-15-11(10)14)6-13-5-4-12(2)8-13;1-5(2,3)4/h4-5,9-10H,3,6-8H2,1-2H3;(H3,1,2,3,4)/t9-,10-;/m0./s1. The molecule has 0 aliphatic carbocycles. The monoisotopic (exact) mass is 324 g/mol. The van der Waals surface area contributed by atoms with Crippen molar-refractivity contribution in [1.82, 2.24) is 9.80 Å². The maximum absolute atomic E-state index is 11.6. The Bertz CT molecular complexity index is 405. The first-order valence-corrected chi connectivity index (χ1v) is 8.83. The summed E-state index contributed by atoms with van der Waals surface area (Å²) in [6, 6.07) is 0. The number of rotatable bonds is 3. The summed E-state index contributed by atoms with van der Waals surface area (Å²) in [6.07, 6.45) is 5.20. The van der Waals surface area contributed by atoms with Crippen LogP contribution in [0.25, 0.3) is 0 Å². The first-order valence-electron chi connectivity index (χ1n) is 6.28. The van der Waals surface area contributed by atoms with Crippen LogP contribution < -0.4 is 0 Å². The Balaban J connectivity index is 0.000000347. The van der Waals surface area contributed by atoms with Crippen LogP contribution in [0.3, 0.4) is 0 Å². The van der Waals surface area contributed by atoms with E-state index in [1.54, 1.807) is 0 Å². The van der Waals surface area contributed by atoms with Gasteiger partial charge in [-0.1, -0.05) is 18.7 Å². The van der Waals surface area contributed by atoms with Crippen LogP contribution in [-0.4, -0.2) is 55.6 Å². The van der Waals surface area contributed by atoms with Gasteiger partial charge in [0.25, 0.3) is 0 Å². The second-order valence-corrected chi connectivity index (χ2v) is 6.94. The van der Waals surface area contributed by atoms with Crippen molar-refractivity contribution in [2.24, 2.45) is 11.8 Å². The van der Waals surface area contributed by atoms with Crippen LogP contribution in [0.4, 0.5) is 0 Å². The number of carbonyl (C=O) groups is 1. The van der Waals surface area contributed by atoms with Crippen molar-refractivity contribution in [3.05, 3.63) is 12.4 Å². The minimum absolute atomic E-state index is 0.286. The molecule has 0 aromatic heterocycles. The van der Waals surface area contributed by atoms with Gasteiger partial charge in [-0.2, -0.15) is 0 Å². The number of phosphoric acid groups is 1. The molecule has 1 fully saturated rings. The van der Waals surface area contributed by atoms with E-state index < -0.39 is 7.82 Å². The second-order valence-electron chi connectivity index (χ2n) is 4.89. The normalized spacial score (nSPS) is 25.9. The van der Waals surface area contributed by atoms with Crippen molar-refractivity contribution < 1.29 is 24.0 Å². The smallest absolute Gasteiger partial charge is 0.362 e. The van der Waals surface area contributed by atoms with E-state index in [0.717, 1.165) is 25.4 Å². The van der Waals surface area contributed by atoms with E-state index in [9.17, 15) is 4.79 Å². The lowest BCUT2D eigenvalue weighted by Crippen LogP contribution is -2.31. The van der Waals surface area contributed by atoms with Gasteiger partial charge in [-0.05, 0) is 12.3 Å². The van der Waals surface area contributed by atoms with Crippen molar-refractivity contribution >= 4 is 24.7 Å². The lowest BCUT2D eigenvalue weighted by molar-refractivity contribution is -0.115. The molecule has 0 radical (unpaired) electrons. The largest absolute Gasteiger partial charge is 0.466 e. The predicted molar refractivity (Wildman–Crippen MR) is 77.5 cm³/mol. The molecule has 9 heteroatoms. The number of hydrogen-bond donors (Lipinski definition) is 3. The van der Waals surface area contributed by atoms with Crippen LogP contribution in [0.5, 0.6) is 0 Å². The molecule has 0 aromatic carbocycles. The van der Waals surface area contributed by atoms with E-state index in [1.165, 1.54) is 11.8 Å². The molecule has 7 nitrogen and oxygen atoms in total. The zero-order valence-electron chi connectivity index (χ0n) is 11.5. The lowest BCUT2D eigenvalue weighted by atomic mass is 9.93. The molecule has 0 saturated carbocycles. The summed E-state index contributed by atoms with van der Waals surface area (Å²) in [4.78, 5) is 37.6. The topological polar surface area (TPSA) is 101 Å². The Morgan fingerprint density at radius 3 is 2.45 bits per heavy atom. The summed E-state index contributed by atoms with van der Waals surface area (Å²) in [5.41, 5.74) is 0. The molecule has 2 atom stereocenters. The quantitative estimate of drug-likeness (QED) is 0.651. The molecule has 3 N–H and O–H groups in total. The Morgan fingerprint density at radius 2 is 2.00 bits per heavy atom. The predicted octanol–water partition coefficient (Wildman–Crippen LogP) is 0.650. The van der Waals surface area contributed by atoms with Crippen molar-refractivity contribution in [3.8, 4) is 0 Å². The van der Waals surface area contributed by atoms with E-state index >= 15 is 0 Å². The number of nitrogens with zero attached hydrogens (tertiary/aromatic N) is 2. The van der Waals surface area contributed by atoms with Gasteiger partial charge in [0.2, 0.25) is 0 Å². The average molecular weight is 324 g/mol. The minimum atomic E-state index is -4.64. The van der Waals surface area contributed by atoms with E-state index in [4.69, 9.17) is 19.2 Å². The molecule has 1 saturated heterocycles. The van der Waals surface area contributed by atoms with Gasteiger partial charge >= 0.3 is 7.82 Å². The Kier molecular flexibility index (Phi) is 6.54. The molecule has 2 rings (SSSR count). The molecule has 2 heterocycles. The van der Waals surface area contributed by atoms with Gasteiger partial charge in [0, 0.05) is 37.7 Å². The van der Waals surface area contributed by atoms with Crippen LogP contribution in [-0.2, 0) is 9.36 Å². The van der Waals surface area contributed by atoms with Crippen molar-refractivity contribution in [1.29, 1.82) is 0 Å². The van der Waals surface area contributed by atoms with Gasteiger partial charge in [-0.15, -0.1) is 0 Å². The van der Waals surface area contributed by atoms with Gasteiger partial charge in [-0.25, -0.2) is 4.57 Å². The molecule has 2 aliphatic heterocycles.